The SMILES string of the molecule is CC(CCc1ccco1)NC1CCNCC1. The van der Waals surface area contributed by atoms with Crippen LogP contribution in [-0.4, -0.2) is 25.2 Å². The van der Waals surface area contributed by atoms with Crippen LogP contribution >= 0.6 is 0 Å². The van der Waals surface area contributed by atoms with Gasteiger partial charge in [0.15, 0.2) is 0 Å². The van der Waals surface area contributed by atoms with Gasteiger partial charge in [-0.1, -0.05) is 0 Å². The van der Waals surface area contributed by atoms with E-state index in [9.17, 15) is 0 Å². The van der Waals surface area contributed by atoms with Crippen LogP contribution in [0.15, 0.2) is 22.8 Å². The van der Waals surface area contributed by atoms with E-state index in [1.807, 2.05) is 6.07 Å². The predicted octanol–water partition coefficient (Wildman–Crippen LogP) is 1.94. The minimum absolute atomic E-state index is 0.577. The molecule has 2 N–H and O–H groups in total. The van der Waals surface area contributed by atoms with Crippen LogP contribution < -0.4 is 10.6 Å². The summed E-state index contributed by atoms with van der Waals surface area (Å²) in [7, 11) is 0. The van der Waals surface area contributed by atoms with E-state index in [1.165, 1.54) is 12.8 Å². The number of rotatable bonds is 5. The van der Waals surface area contributed by atoms with Gasteiger partial charge in [0.05, 0.1) is 6.26 Å². The first-order chi connectivity index (χ1) is 7.84. The highest BCUT2D eigenvalue weighted by molar-refractivity contribution is 4.98. The Morgan fingerprint density at radius 3 is 3.00 bits per heavy atom. The highest BCUT2D eigenvalue weighted by Crippen LogP contribution is 2.08. The van der Waals surface area contributed by atoms with Crippen molar-refractivity contribution in [3.63, 3.8) is 0 Å². The Morgan fingerprint density at radius 1 is 1.50 bits per heavy atom. The minimum atomic E-state index is 0.577. The molecule has 1 fully saturated rings. The van der Waals surface area contributed by atoms with Crippen LogP contribution in [0.25, 0.3) is 0 Å². The van der Waals surface area contributed by atoms with Gasteiger partial charge in [-0.05, 0) is 51.4 Å². The minimum Gasteiger partial charge on any atom is -0.469 e. The van der Waals surface area contributed by atoms with Crippen molar-refractivity contribution in [2.45, 2.75) is 44.7 Å². The average molecular weight is 222 g/mol. The van der Waals surface area contributed by atoms with Crippen LogP contribution in [0.5, 0.6) is 0 Å². The normalized spacial score (nSPS) is 19.8. The number of nitrogens with one attached hydrogen (secondary N) is 2. The first-order valence-electron chi connectivity index (χ1n) is 6.34. The molecule has 0 aliphatic carbocycles. The molecule has 0 radical (unpaired) electrons. The van der Waals surface area contributed by atoms with E-state index in [0.29, 0.717) is 12.1 Å². The fourth-order valence-electron chi connectivity index (χ4n) is 2.29. The molecule has 0 saturated carbocycles. The average Bonchev–Trinajstić information content (AvgIpc) is 2.81. The second-order valence-electron chi connectivity index (χ2n) is 4.71. The first-order valence-corrected chi connectivity index (χ1v) is 6.34. The van der Waals surface area contributed by atoms with Crippen molar-refractivity contribution in [1.82, 2.24) is 10.6 Å². The second kappa shape index (κ2) is 6.06. The van der Waals surface area contributed by atoms with Gasteiger partial charge in [-0.25, -0.2) is 0 Å². The summed E-state index contributed by atoms with van der Waals surface area (Å²) in [5.74, 6) is 1.10. The monoisotopic (exact) mass is 222 g/mol. The summed E-state index contributed by atoms with van der Waals surface area (Å²) < 4.78 is 5.34. The van der Waals surface area contributed by atoms with Crippen molar-refractivity contribution in [2.24, 2.45) is 0 Å². The van der Waals surface area contributed by atoms with Gasteiger partial charge >= 0.3 is 0 Å². The molecule has 1 aliphatic rings. The molecule has 1 saturated heterocycles. The zero-order valence-corrected chi connectivity index (χ0v) is 10.0. The molecule has 2 rings (SSSR count). The summed E-state index contributed by atoms with van der Waals surface area (Å²) in [6, 6.07) is 5.29. The Bertz CT molecular complexity index is 278. The molecule has 2 heterocycles. The van der Waals surface area contributed by atoms with E-state index in [0.717, 1.165) is 31.7 Å². The molecule has 16 heavy (non-hydrogen) atoms. The van der Waals surface area contributed by atoms with Gasteiger partial charge in [-0.15, -0.1) is 0 Å². The van der Waals surface area contributed by atoms with Gasteiger partial charge in [0.2, 0.25) is 0 Å². The molecule has 3 nitrogen and oxygen atoms in total. The van der Waals surface area contributed by atoms with Crippen molar-refractivity contribution in [2.75, 3.05) is 13.1 Å². The number of hydrogen-bond acceptors (Lipinski definition) is 3. The molecule has 0 amide bonds. The topological polar surface area (TPSA) is 37.2 Å². The lowest BCUT2D eigenvalue weighted by atomic mass is 10.0. The third-order valence-corrected chi connectivity index (χ3v) is 3.26. The molecule has 1 unspecified atom stereocenters. The Morgan fingerprint density at radius 2 is 2.31 bits per heavy atom. The fraction of sp³-hybridized carbons (Fsp3) is 0.692. The molecule has 3 heteroatoms. The van der Waals surface area contributed by atoms with E-state index in [4.69, 9.17) is 4.42 Å². The van der Waals surface area contributed by atoms with Gasteiger partial charge in [-0.3, -0.25) is 0 Å². The van der Waals surface area contributed by atoms with Crippen LogP contribution in [0.1, 0.15) is 31.9 Å². The van der Waals surface area contributed by atoms with Crippen molar-refractivity contribution >= 4 is 0 Å². The Kier molecular flexibility index (Phi) is 4.43. The zero-order chi connectivity index (χ0) is 11.2. The molecular formula is C13H22N2O. The molecule has 90 valence electrons. The van der Waals surface area contributed by atoms with Crippen LogP contribution in [0.2, 0.25) is 0 Å². The van der Waals surface area contributed by atoms with Crippen LogP contribution in [0.4, 0.5) is 0 Å². The summed E-state index contributed by atoms with van der Waals surface area (Å²) in [5, 5.41) is 7.09. The fourth-order valence-corrected chi connectivity index (χ4v) is 2.29. The van der Waals surface area contributed by atoms with Gasteiger partial charge in [-0.2, -0.15) is 0 Å². The van der Waals surface area contributed by atoms with Gasteiger partial charge in [0, 0.05) is 18.5 Å². The third kappa shape index (κ3) is 3.65. The molecule has 1 aromatic rings. The van der Waals surface area contributed by atoms with Crippen molar-refractivity contribution in [3.05, 3.63) is 24.2 Å². The van der Waals surface area contributed by atoms with E-state index < -0.39 is 0 Å². The molecule has 1 aliphatic heterocycles. The smallest absolute Gasteiger partial charge is 0.103 e. The lowest BCUT2D eigenvalue weighted by molar-refractivity contribution is 0.344. The van der Waals surface area contributed by atoms with E-state index in [1.54, 1.807) is 6.26 Å². The maximum absolute atomic E-state index is 5.34. The lowest BCUT2D eigenvalue weighted by Gasteiger charge is -2.27. The summed E-state index contributed by atoms with van der Waals surface area (Å²) >= 11 is 0. The largest absolute Gasteiger partial charge is 0.469 e. The van der Waals surface area contributed by atoms with Crippen molar-refractivity contribution < 1.29 is 4.42 Å². The standard InChI is InChI=1S/C13H22N2O/c1-11(4-5-13-3-2-10-16-13)15-12-6-8-14-9-7-12/h2-3,10-12,14-15H,4-9H2,1H3. The highest BCUT2D eigenvalue weighted by atomic mass is 16.3. The Hall–Kier alpha value is -0.800. The maximum atomic E-state index is 5.34. The lowest BCUT2D eigenvalue weighted by Crippen LogP contribution is -2.43. The number of piperidine rings is 1. The van der Waals surface area contributed by atoms with E-state index in [2.05, 4.69) is 23.6 Å². The zero-order valence-electron chi connectivity index (χ0n) is 10.0. The number of furan rings is 1. The summed E-state index contributed by atoms with van der Waals surface area (Å²) in [4.78, 5) is 0. The molecule has 1 atom stereocenters. The number of aryl methyl sites for hydroxylation is 1. The maximum Gasteiger partial charge on any atom is 0.103 e. The predicted molar refractivity (Wildman–Crippen MR) is 65.5 cm³/mol. The van der Waals surface area contributed by atoms with Crippen molar-refractivity contribution in [1.29, 1.82) is 0 Å². The molecular weight excluding hydrogens is 200 g/mol. The molecule has 0 bridgehead atoms. The van der Waals surface area contributed by atoms with Crippen molar-refractivity contribution in [3.8, 4) is 0 Å². The Balaban J connectivity index is 1.65. The summed E-state index contributed by atoms with van der Waals surface area (Å²) in [6.45, 7) is 4.58. The molecule has 0 aromatic carbocycles. The van der Waals surface area contributed by atoms with Gasteiger partial charge < -0.3 is 15.1 Å². The molecule has 0 spiro atoms. The van der Waals surface area contributed by atoms with E-state index >= 15 is 0 Å². The quantitative estimate of drug-likeness (QED) is 0.799. The summed E-state index contributed by atoms with van der Waals surface area (Å²) in [5.41, 5.74) is 0. The van der Waals surface area contributed by atoms with Crippen LogP contribution in [-0.2, 0) is 6.42 Å². The van der Waals surface area contributed by atoms with Gasteiger partial charge in [0.25, 0.3) is 0 Å². The second-order valence-corrected chi connectivity index (χ2v) is 4.71. The van der Waals surface area contributed by atoms with Crippen LogP contribution in [0, 0.1) is 0 Å². The third-order valence-electron chi connectivity index (χ3n) is 3.26. The highest BCUT2D eigenvalue weighted by Gasteiger charge is 2.14. The van der Waals surface area contributed by atoms with E-state index in [-0.39, 0.29) is 0 Å². The molecule has 1 aromatic heterocycles. The van der Waals surface area contributed by atoms with Gasteiger partial charge in [0.1, 0.15) is 5.76 Å². The first kappa shape index (κ1) is 11.7. The Labute approximate surface area is 97.6 Å². The summed E-state index contributed by atoms with van der Waals surface area (Å²) in [6.07, 6.45) is 6.44. The van der Waals surface area contributed by atoms with Crippen LogP contribution in [0.3, 0.4) is 0 Å². The number of hydrogen-bond donors (Lipinski definition) is 2.